The van der Waals surface area contributed by atoms with Crippen molar-refractivity contribution < 1.29 is 14.8 Å². The van der Waals surface area contributed by atoms with Gasteiger partial charge >= 0.3 is 0 Å². The molecule has 6 nitrogen and oxygen atoms in total. The number of amides is 2. The molecule has 134 valence electrons. The van der Waals surface area contributed by atoms with Crippen molar-refractivity contribution in [2.45, 2.75) is 25.8 Å². The van der Waals surface area contributed by atoms with Crippen LogP contribution in [0.2, 0.25) is 10.2 Å². The summed E-state index contributed by atoms with van der Waals surface area (Å²) in [5, 5.41) is 12.3. The molecule has 3 N–H and O–H groups in total. The number of carbonyl (C=O) groups excluding carboxylic acids is 2. The molecule has 0 saturated heterocycles. The van der Waals surface area contributed by atoms with Gasteiger partial charge in [-0.2, -0.15) is 0 Å². The van der Waals surface area contributed by atoms with Gasteiger partial charge in [0.25, 0.3) is 11.8 Å². The molecular weight excluding hydrogens is 365 g/mol. The number of benzene rings is 1. The van der Waals surface area contributed by atoms with E-state index in [4.69, 9.17) is 28.4 Å². The van der Waals surface area contributed by atoms with Crippen LogP contribution in [-0.4, -0.2) is 21.6 Å². The number of hydrogen-bond acceptors (Lipinski definition) is 3. The lowest BCUT2D eigenvalue weighted by Gasteiger charge is -2.19. The lowest BCUT2D eigenvalue weighted by Crippen LogP contribution is -2.30. The smallest absolute Gasteiger partial charge is 0.274 e. The van der Waals surface area contributed by atoms with Crippen molar-refractivity contribution in [3.63, 3.8) is 0 Å². The van der Waals surface area contributed by atoms with Gasteiger partial charge in [-0.3, -0.25) is 14.8 Å². The Bertz CT molecular complexity index is 772. The number of carbonyl (C=O) groups is 2. The van der Waals surface area contributed by atoms with E-state index in [-0.39, 0.29) is 11.9 Å². The first-order valence-electron chi connectivity index (χ1n) is 7.75. The number of aromatic nitrogens is 1. The summed E-state index contributed by atoms with van der Waals surface area (Å²) in [7, 11) is 1.67. The maximum Gasteiger partial charge on any atom is 0.274 e. The Labute approximate surface area is 155 Å². The quantitative estimate of drug-likeness (QED) is 0.524. The molecule has 0 aliphatic rings. The van der Waals surface area contributed by atoms with E-state index in [0.717, 1.165) is 18.4 Å². The second-order valence-electron chi connectivity index (χ2n) is 5.61. The first kappa shape index (κ1) is 19.3. The third-order valence-electron chi connectivity index (χ3n) is 3.91. The average Bonchev–Trinajstić information content (AvgIpc) is 2.88. The zero-order valence-electron chi connectivity index (χ0n) is 13.8. The van der Waals surface area contributed by atoms with Crippen molar-refractivity contribution >= 4 is 35.0 Å². The molecule has 0 aliphatic heterocycles. The fourth-order valence-electron chi connectivity index (χ4n) is 2.53. The summed E-state index contributed by atoms with van der Waals surface area (Å²) >= 11 is 12.0. The van der Waals surface area contributed by atoms with E-state index in [1.54, 1.807) is 36.8 Å². The van der Waals surface area contributed by atoms with Crippen molar-refractivity contribution in [2.75, 3.05) is 0 Å². The predicted molar refractivity (Wildman–Crippen MR) is 96.2 cm³/mol. The van der Waals surface area contributed by atoms with Crippen LogP contribution in [0.15, 0.2) is 30.3 Å². The first-order valence-corrected chi connectivity index (χ1v) is 8.50. The SMILES string of the molecule is CCCC(NC(=O)c1cc(Cl)c(Cl)n1C)c1ccc(C(=O)NO)cc1. The van der Waals surface area contributed by atoms with Crippen LogP contribution in [0, 0.1) is 0 Å². The number of nitrogens with one attached hydrogen (secondary N) is 2. The summed E-state index contributed by atoms with van der Waals surface area (Å²) in [5.41, 5.74) is 3.14. The largest absolute Gasteiger partial charge is 0.344 e. The molecule has 2 aromatic rings. The Hall–Kier alpha value is -2.02. The van der Waals surface area contributed by atoms with Gasteiger partial charge in [0.05, 0.1) is 11.1 Å². The molecule has 1 atom stereocenters. The van der Waals surface area contributed by atoms with Gasteiger partial charge in [0, 0.05) is 12.6 Å². The van der Waals surface area contributed by atoms with Gasteiger partial charge in [0.15, 0.2) is 0 Å². The van der Waals surface area contributed by atoms with Crippen LogP contribution in [-0.2, 0) is 7.05 Å². The Kier molecular flexibility index (Phi) is 6.47. The van der Waals surface area contributed by atoms with Crippen LogP contribution in [0.5, 0.6) is 0 Å². The zero-order valence-corrected chi connectivity index (χ0v) is 15.4. The molecule has 0 radical (unpaired) electrons. The lowest BCUT2D eigenvalue weighted by atomic mass is 10.0. The molecule has 0 aliphatic carbocycles. The molecule has 2 rings (SSSR count). The van der Waals surface area contributed by atoms with E-state index in [1.807, 2.05) is 6.92 Å². The maximum atomic E-state index is 12.6. The highest BCUT2D eigenvalue weighted by Crippen LogP contribution is 2.26. The van der Waals surface area contributed by atoms with Crippen LogP contribution in [0.25, 0.3) is 0 Å². The number of hydrogen-bond donors (Lipinski definition) is 3. The summed E-state index contributed by atoms with van der Waals surface area (Å²) in [6, 6.07) is 7.97. The molecule has 1 aromatic heterocycles. The molecule has 1 unspecified atom stereocenters. The topological polar surface area (TPSA) is 83.4 Å². The van der Waals surface area contributed by atoms with Crippen molar-refractivity contribution in [1.29, 1.82) is 0 Å². The minimum atomic E-state index is -0.587. The predicted octanol–water partition coefficient (Wildman–Crippen LogP) is 3.72. The number of nitrogens with zero attached hydrogens (tertiary/aromatic N) is 1. The zero-order chi connectivity index (χ0) is 18.6. The van der Waals surface area contributed by atoms with Gasteiger partial charge in [-0.15, -0.1) is 0 Å². The van der Waals surface area contributed by atoms with Crippen LogP contribution in [0.4, 0.5) is 0 Å². The third kappa shape index (κ3) is 4.34. The highest BCUT2D eigenvalue weighted by atomic mass is 35.5. The molecule has 0 fully saturated rings. The van der Waals surface area contributed by atoms with Crippen molar-refractivity contribution in [3.8, 4) is 0 Å². The Balaban J connectivity index is 2.21. The Morgan fingerprint density at radius 3 is 2.32 bits per heavy atom. The van der Waals surface area contributed by atoms with E-state index in [0.29, 0.717) is 21.4 Å². The van der Waals surface area contributed by atoms with Crippen LogP contribution >= 0.6 is 23.2 Å². The molecule has 0 saturated carbocycles. The van der Waals surface area contributed by atoms with Crippen LogP contribution in [0.3, 0.4) is 0 Å². The molecule has 1 heterocycles. The first-order chi connectivity index (χ1) is 11.9. The number of rotatable bonds is 6. The van der Waals surface area contributed by atoms with Gasteiger partial charge in [-0.1, -0.05) is 48.7 Å². The molecule has 1 aromatic carbocycles. The fraction of sp³-hybridized carbons (Fsp3) is 0.294. The Morgan fingerprint density at radius 2 is 1.84 bits per heavy atom. The summed E-state index contributed by atoms with van der Waals surface area (Å²) < 4.78 is 1.52. The van der Waals surface area contributed by atoms with E-state index >= 15 is 0 Å². The minimum Gasteiger partial charge on any atom is -0.344 e. The van der Waals surface area contributed by atoms with E-state index < -0.39 is 5.91 Å². The standard InChI is InChI=1S/C17H19Cl2N3O3/c1-3-4-13(10-5-7-11(8-6-10)16(23)21-25)20-17(24)14-9-12(18)15(19)22(14)2/h5-9,13,25H,3-4H2,1-2H3,(H,20,24)(H,21,23). The van der Waals surface area contributed by atoms with E-state index in [2.05, 4.69) is 5.32 Å². The van der Waals surface area contributed by atoms with Gasteiger partial charge in [0.2, 0.25) is 0 Å². The summed E-state index contributed by atoms with van der Waals surface area (Å²) in [4.78, 5) is 24.0. The second-order valence-corrected chi connectivity index (χ2v) is 6.37. The molecule has 25 heavy (non-hydrogen) atoms. The highest BCUT2D eigenvalue weighted by Gasteiger charge is 2.20. The van der Waals surface area contributed by atoms with Crippen molar-refractivity contribution in [2.24, 2.45) is 7.05 Å². The van der Waals surface area contributed by atoms with Gasteiger partial charge in [0.1, 0.15) is 10.8 Å². The average molecular weight is 384 g/mol. The lowest BCUT2D eigenvalue weighted by molar-refractivity contribution is 0.0706. The summed E-state index contributed by atoms with van der Waals surface area (Å²) in [5.74, 6) is -0.873. The summed E-state index contributed by atoms with van der Waals surface area (Å²) in [6.07, 6.45) is 1.58. The van der Waals surface area contributed by atoms with Gasteiger partial charge < -0.3 is 9.88 Å². The van der Waals surface area contributed by atoms with E-state index in [9.17, 15) is 9.59 Å². The number of halogens is 2. The molecule has 0 spiro atoms. The molecular formula is C17H19Cl2N3O3. The molecule has 2 amide bonds. The minimum absolute atomic E-state index is 0.226. The highest BCUT2D eigenvalue weighted by molar-refractivity contribution is 6.41. The number of hydroxylamine groups is 1. The normalized spacial score (nSPS) is 11.9. The second kappa shape index (κ2) is 8.38. The third-order valence-corrected chi connectivity index (χ3v) is 4.75. The molecule has 0 bridgehead atoms. The van der Waals surface area contributed by atoms with E-state index in [1.165, 1.54) is 10.6 Å². The Morgan fingerprint density at radius 1 is 1.20 bits per heavy atom. The summed E-state index contributed by atoms with van der Waals surface area (Å²) in [6.45, 7) is 2.02. The maximum absolute atomic E-state index is 12.6. The van der Waals surface area contributed by atoms with Crippen molar-refractivity contribution in [1.82, 2.24) is 15.4 Å². The van der Waals surface area contributed by atoms with Crippen molar-refractivity contribution in [3.05, 3.63) is 57.3 Å². The van der Waals surface area contributed by atoms with Crippen LogP contribution in [0.1, 0.15) is 52.2 Å². The monoisotopic (exact) mass is 383 g/mol. The van der Waals surface area contributed by atoms with Crippen LogP contribution < -0.4 is 10.8 Å². The fourth-order valence-corrected chi connectivity index (χ4v) is 2.91. The van der Waals surface area contributed by atoms with Gasteiger partial charge in [-0.05, 0) is 30.2 Å². The molecule has 8 heteroatoms. The van der Waals surface area contributed by atoms with Gasteiger partial charge in [-0.25, -0.2) is 5.48 Å².